The Balaban J connectivity index is 2.37. The first-order valence-corrected chi connectivity index (χ1v) is 9.69. The summed E-state index contributed by atoms with van der Waals surface area (Å²) in [5, 5.41) is -0.229. The summed E-state index contributed by atoms with van der Waals surface area (Å²) in [4.78, 5) is 16.3. The van der Waals surface area contributed by atoms with Crippen molar-refractivity contribution in [3.8, 4) is 5.75 Å². The number of amides is 1. The maximum absolute atomic E-state index is 12.7. The number of methoxy groups -OCH3 is 1. The second kappa shape index (κ2) is 7.12. The molecule has 1 atom stereocenters. The average molecular weight is 392 g/mol. The molecule has 2 aromatic rings. The lowest BCUT2D eigenvalue weighted by atomic mass is 10.3. The molecule has 0 spiro atoms. The molecule has 136 valence electrons. The van der Waals surface area contributed by atoms with Gasteiger partial charge in [0.15, 0.2) is 0 Å². The second-order valence-corrected chi connectivity index (χ2v) is 8.53. The van der Waals surface area contributed by atoms with Crippen molar-refractivity contribution in [1.29, 1.82) is 0 Å². The average Bonchev–Trinajstić information content (AvgIpc) is 2.85. The highest BCUT2D eigenvalue weighted by Gasteiger charge is 2.30. The van der Waals surface area contributed by atoms with Crippen molar-refractivity contribution in [2.24, 2.45) is 4.36 Å². The fourth-order valence-electron chi connectivity index (χ4n) is 1.99. The van der Waals surface area contributed by atoms with Gasteiger partial charge >= 0.3 is 6.18 Å². The molecule has 0 saturated heterocycles. The van der Waals surface area contributed by atoms with E-state index in [-0.39, 0.29) is 20.5 Å². The van der Waals surface area contributed by atoms with Crippen molar-refractivity contribution < 1.29 is 26.9 Å². The fraction of sp³-hybridized carbons (Fsp3) is 0.333. The summed E-state index contributed by atoms with van der Waals surface area (Å²) < 4.78 is 58.9. The third-order valence-electron chi connectivity index (χ3n) is 3.12. The number of hydrogen-bond donors (Lipinski definition) is 0. The first-order chi connectivity index (χ1) is 11.5. The Morgan fingerprint density at radius 2 is 2.08 bits per heavy atom. The van der Waals surface area contributed by atoms with Crippen LogP contribution in [-0.4, -0.2) is 34.6 Å². The SMILES string of the molecule is COc1cccc(S(C)(=O)=NC(=O)c2sc(CC(F)(F)F)nc2C)c1. The quantitative estimate of drug-likeness (QED) is 0.792. The molecule has 1 aromatic carbocycles. The second-order valence-electron chi connectivity index (χ2n) is 5.19. The topological polar surface area (TPSA) is 68.6 Å². The zero-order chi connectivity index (χ0) is 18.8. The monoisotopic (exact) mass is 392 g/mol. The van der Waals surface area contributed by atoms with Crippen LogP contribution in [0.4, 0.5) is 13.2 Å². The molecule has 10 heteroatoms. The van der Waals surface area contributed by atoms with Gasteiger partial charge in [-0.05, 0) is 25.1 Å². The number of ether oxygens (including phenoxy) is 1. The maximum atomic E-state index is 12.7. The van der Waals surface area contributed by atoms with Crippen LogP contribution in [0.1, 0.15) is 20.4 Å². The largest absolute Gasteiger partial charge is 0.497 e. The predicted molar refractivity (Wildman–Crippen MR) is 88.7 cm³/mol. The summed E-state index contributed by atoms with van der Waals surface area (Å²) >= 11 is 0.613. The molecule has 0 aliphatic rings. The summed E-state index contributed by atoms with van der Waals surface area (Å²) in [5.74, 6) is -0.394. The van der Waals surface area contributed by atoms with E-state index < -0.39 is 28.2 Å². The van der Waals surface area contributed by atoms with Gasteiger partial charge in [-0.3, -0.25) is 4.79 Å². The molecule has 1 unspecified atom stereocenters. The molecule has 0 bridgehead atoms. The van der Waals surface area contributed by atoms with Gasteiger partial charge in [-0.1, -0.05) is 6.07 Å². The molecule has 1 aromatic heterocycles. The molecular weight excluding hydrogens is 377 g/mol. The van der Waals surface area contributed by atoms with Crippen LogP contribution >= 0.6 is 11.3 Å². The number of aromatic nitrogens is 1. The number of nitrogens with zero attached hydrogens (tertiary/aromatic N) is 2. The number of hydrogen-bond acceptors (Lipinski definition) is 5. The first kappa shape index (κ1) is 19.4. The van der Waals surface area contributed by atoms with Gasteiger partial charge in [-0.15, -0.1) is 11.3 Å². The van der Waals surface area contributed by atoms with Gasteiger partial charge in [0, 0.05) is 6.26 Å². The summed E-state index contributed by atoms with van der Waals surface area (Å²) in [6.07, 6.45) is -4.35. The van der Waals surface area contributed by atoms with Crippen LogP contribution in [-0.2, 0) is 16.1 Å². The molecule has 0 aliphatic carbocycles. The van der Waals surface area contributed by atoms with Crippen LogP contribution in [0.3, 0.4) is 0 Å². The zero-order valence-corrected chi connectivity index (χ0v) is 15.2. The Bertz CT molecular complexity index is 913. The van der Waals surface area contributed by atoms with E-state index >= 15 is 0 Å². The lowest BCUT2D eigenvalue weighted by Gasteiger charge is -2.06. The molecule has 1 amide bonds. The van der Waals surface area contributed by atoms with E-state index in [2.05, 4.69) is 9.35 Å². The smallest absolute Gasteiger partial charge is 0.395 e. The number of thiazole rings is 1. The third-order valence-corrected chi connectivity index (χ3v) is 5.91. The number of alkyl halides is 3. The van der Waals surface area contributed by atoms with Crippen molar-refractivity contribution >= 4 is 27.0 Å². The van der Waals surface area contributed by atoms with E-state index in [0.717, 1.165) is 0 Å². The van der Waals surface area contributed by atoms with Gasteiger partial charge in [0.25, 0.3) is 5.91 Å². The van der Waals surface area contributed by atoms with Gasteiger partial charge in [-0.25, -0.2) is 9.19 Å². The molecule has 2 rings (SSSR count). The van der Waals surface area contributed by atoms with Gasteiger partial charge in [0.1, 0.15) is 15.6 Å². The van der Waals surface area contributed by atoms with Crippen molar-refractivity contribution in [3.05, 3.63) is 39.8 Å². The Labute approximate surface area is 147 Å². The standard InChI is InChI=1S/C15H15F3N2O3S2/c1-9-13(24-12(19-9)8-15(16,17)18)14(21)20-25(3,22)11-6-4-5-10(7-11)23-2/h4-7H,8H2,1-3H3. The Hall–Kier alpha value is -1.94. The number of halogens is 3. The number of carbonyl (C=O) groups excluding carboxylic acids is 1. The van der Waals surface area contributed by atoms with Crippen molar-refractivity contribution in [2.75, 3.05) is 13.4 Å². The number of benzene rings is 1. The summed E-state index contributed by atoms with van der Waals surface area (Å²) in [7, 11) is -1.63. The van der Waals surface area contributed by atoms with E-state index in [4.69, 9.17) is 4.74 Å². The normalized spacial score (nSPS) is 14.0. The molecule has 0 radical (unpaired) electrons. The molecule has 0 fully saturated rings. The lowest BCUT2D eigenvalue weighted by molar-refractivity contribution is -0.127. The van der Waals surface area contributed by atoms with E-state index in [1.54, 1.807) is 12.1 Å². The molecule has 5 nitrogen and oxygen atoms in total. The lowest BCUT2D eigenvalue weighted by Crippen LogP contribution is -2.11. The Morgan fingerprint density at radius 1 is 1.40 bits per heavy atom. The van der Waals surface area contributed by atoms with Crippen LogP contribution in [0.25, 0.3) is 0 Å². The summed E-state index contributed by atoms with van der Waals surface area (Å²) in [6, 6.07) is 6.29. The summed E-state index contributed by atoms with van der Waals surface area (Å²) in [6.45, 7) is 1.42. The molecule has 0 saturated carbocycles. The summed E-state index contributed by atoms with van der Waals surface area (Å²) in [5.41, 5.74) is 0.138. The van der Waals surface area contributed by atoms with Crippen LogP contribution in [0.15, 0.2) is 33.5 Å². The molecular formula is C15H15F3N2O3S2. The van der Waals surface area contributed by atoms with E-state index in [9.17, 15) is 22.2 Å². The Kier molecular flexibility index (Phi) is 5.52. The van der Waals surface area contributed by atoms with Gasteiger partial charge < -0.3 is 4.74 Å². The predicted octanol–water partition coefficient (Wildman–Crippen LogP) is 3.86. The minimum absolute atomic E-state index is 0.0447. The highest BCUT2D eigenvalue weighted by Crippen LogP contribution is 2.27. The third kappa shape index (κ3) is 5.02. The van der Waals surface area contributed by atoms with Crippen LogP contribution in [0.2, 0.25) is 0 Å². The van der Waals surface area contributed by atoms with Crippen LogP contribution < -0.4 is 4.74 Å². The molecule has 0 N–H and O–H groups in total. The van der Waals surface area contributed by atoms with Crippen molar-refractivity contribution in [2.45, 2.75) is 24.4 Å². The van der Waals surface area contributed by atoms with Crippen LogP contribution in [0.5, 0.6) is 5.75 Å². The number of aryl methyl sites for hydroxylation is 1. The van der Waals surface area contributed by atoms with Crippen LogP contribution in [0, 0.1) is 6.92 Å². The maximum Gasteiger partial charge on any atom is 0.395 e. The minimum Gasteiger partial charge on any atom is -0.497 e. The van der Waals surface area contributed by atoms with Crippen molar-refractivity contribution in [3.63, 3.8) is 0 Å². The van der Waals surface area contributed by atoms with E-state index in [1.807, 2.05) is 0 Å². The van der Waals surface area contributed by atoms with Gasteiger partial charge in [0.2, 0.25) is 0 Å². The molecule has 25 heavy (non-hydrogen) atoms. The minimum atomic E-state index is -4.42. The first-order valence-electron chi connectivity index (χ1n) is 6.95. The fourth-order valence-corrected chi connectivity index (χ4v) is 4.20. The zero-order valence-electron chi connectivity index (χ0n) is 13.6. The Morgan fingerprint density at radius 3 is 2.68 bits per heavy atom. The highest BCUT2D eigenvalue weighted by atomic mass is 32.2. The van der Waals surface area contributed by atoms with Gasteiger partial charge in [-0.2, -0.15) is 17.5 Å². The number of rotatable bonds is 4. The van der Waals surface area contributed by atoms with E-state index in [1.165, 1.54) is 32.4 Å². The molecule has 1 heterocycles. The highest BCUT2D eigenvalue weighted by molar-refractivity contribution is 7.93. The van der Waals surface area contributed by atoms with E-state index in [0.29, 0.717) is 17.1 Å². The van der Waals surface area contributed by atoms with Crippen molar-refractivity contribution in [1.82, 2.24) is 4.98 Å². The number of carbonyl (C=O) groups is 1. The molecule has 0 aliphatic heterocycles. The van der Waals surface area contributed by atoms with Gasteiger partial charge in [0.05, 0.1) is 33.8 Å².